The Bertz CT molecular complexity index is 475. The molecule has 5 nitrogen and oxygen atoms in total. The number of nitrogens with zero attached hydrogens (tertiary/aromatic N) is 3. The molecule has 0 fully saturated rings. The summed E-state index contributed by atoms with van der Waals surface area (Å²) >= 11 is 0. The highest BCUT2D eigenvalue weighted by molar-refractivity contribution is 5.87. The summed E-state index contributed by atoms with van der Waals surface area (Å²) in [5.41, 5.74) is 1.71. The van der Waals surface area contributed by atoms with Gasteiger partial charge in [-0.3, -0.25) is 4.68 Å². The zero-order valence-electron chi connectivity index (χ0n) is 12.3. The van der Waals surface area contributed by atoms with Gasteiger partial charge in [-0.05, 0) is 25.3 Å². The van der Waals surface area contributed by atoms with Gasteiger partial charge < -0.3 is 10.0 Å². The van der Waals surface area contributed by atoms with Crippen LogP contribution in [0.1, 0.15) is 31.5 Å². The zero-order valence-corrected chi connectivity index (χ0v) is 12.3. The van der Waals surface area contributed by atoms with Crippen LogP contribution < -0.4 is 4.90 Å². The maximum atomic E-state index is 10.7. The smallest absolute Gasteiger partial charge is 0.328 e. The molecule has 0 aliphatic heterocycles. The van der Waals surface area contributed by atoms with E-state index in [9.17, 15) is 4.79 Å². The highest BCUT2D eigenvalue weighted by Gasteiger charge is 2.15. The summed E-state index contributed by atoms with van der Waals surface area (Å²) in [6.07, 6.45) is 3.86. The first-order chi connectivity index (χ1) is 8.82. The van der Waals surface area contributed by atoms with Gasteiger partial charge in [-0.25, -0.2) is 4.79 Å². The minimum Gasteiger partial charge on any atom is -0.478 e. The van der Waals surface area contributed by atoms with Crippen molar-refractivity contribution in [1.82, 2.24) is 9.78 Å². The molecule has 0 aliphatic carbocycles. The summed E-state index contributed by atoms with van der Waals surface area (Å²) in [5.74, 6) is 0.643. The van der Waals surface area contributed by atoms with Crippen LogP contribution in [0.5, 0.6) is 0 Å². The maximum Gasteiger partial charge on any atom is 0.328 e. The van der Waals surface area contributed by atoms with Crippen molar-refractivity contribution in [3.8, 4) is 0 Å². The number of carboxylic acids is 1. The van der Waals surface area contributed by atoms with Gasteiger partial charge in [0.15, 0.2) is 0 Å². The molecule has 1 rings (SSSR count). The van der Waals surface area contributed by atoms with Crippen molar-refractivity contribution >= 4 is 17.9 Å². The third-order valence-corrected chi connectivity index (χ3v) is 3.03. The fraction of sp³-hybridized carbons (Fsp3) is 0.571. The van der Waals surface area contributed by atoms with E-state index in [-0.39, 0.29) is 0 Å². The van der Waals surface area contributed by atoms with Crippen LogP contribution in [0.4, 0.5) is 5.82 Å². The molecule has 1 N–H and O–H groups in total. The normalized spacial score (nSPS) is 11.5. The molecule has 0 bridgehead atoms. The molecule has 19 heavy (non-hydrogen) atoms. The number of aliphatic carboxylic acids is 1. The van der Waals surface area contributed by atoms with Gasteiger partial charge in [0.05, 0.1) is 5.69 Å². The molecule has 1 aromatic rings. The van der Waals surface area contributed by atoms with Gasteiger partial charge in [0.1, 0.15) is 5.82 Å². The molecule has 0 saturated heterocycles. The zero-order chi connectivity index (χ0) is 14.6. The Morgan fingerprint density at radius 2 is 2.16 bits per heavy atom. The van der Waals surface area contributed by atoms with E-state index < -0.39 is 5.97 Å². The second kappa shape index (κ2) is 6.41. The molecule has 0 spiro atoms. The third kappa shape index (κ3) is 4.12. The number of anilines is 1. The van der Waals surface area contributed by atoms with Crippen molar-refractivity contribution in [2.75, 3.05) is 18.5 Å². The van der Waals surface area contributed by atoms with E-state index in [0.717, 1.165) is 36.1 Å². The van der Waals surface area contributed by atoms with Crippen LogP contribution in [0.2, 0.25) is 0 Å². The van der Waals surface area contributed by atoms with Crippen LogP contribution in [0, 0.1) is 12.8 Å². The summed E-state index contributed by atoms with van der Waals surface area (Å²) in [7, 11) is 3.89. The molecule has 0 saturated carbocycles. The van der Waals surface area contributed by atoms with Crippen molar-refractivity contribution in [3.63, 3.8) is 0 Å². The molecule has 0 amide bonds. The van der Waals surface area contributed by atoms with Crippen LogP contribution in [-0.2, 0) is 11.8 Å². The van der Waals surface area contributed by atoms with E-state index in [4.69, 9.17) is 5.11 Å². The Morgan fingerprint density at radius 3 is 2.68 bits per heavy atom. The lowest BCUT2D eigenvalue weighted by molar-refractivity contribution is -0.131. The quantitative estimate of drug-likeness (QED) is 0.802. The SMILES string of the molecule is Cc1nn(C)c(N(C)CCC(C)C)c1C=CC(=O)O. The number of hydrogen-bond acceptors (Lipinski definition) is 3. The topological polar surface area (TPSA) is 58.4 Å². The molecule has 0 unspecified atom stereocenters. The molecule has 0 atom stereocenters. The maximum absolute atomic E-state index is 10.7. The number of carboxylic acid groups (broad SMARTS) is 1. The first-order valence-electron chi connectivity index (χ1n) is 6.48. The van der Waals surface area contributed by atoms with Crippen LogP contribution in [-0.4, -0.2) is 34.4 Å². The standard InChI is InChI=1S/C14H23N3O2/c1-10(2)8-9-16(4)14-12(6-7-13(18)19)11(3)15-17(14)5/h6-7,10H,8-9H2,1-5H3,(H,18,19). The minimum absolute atomic E-state index is 0.634. The Morgan fingerprint density at radius 1 is 1.53 bits per heavy atom. The molecule has 0 aromatic carbocycles. The van der Waals surface area contributed by atoms with Gasteiger partial charge >= 0.3 is 5.97 Å². The lowest BCUT2D eigenvalue weighted by Crippen LogP contribution is -2.23. The Kier molecular flexibility index (Phi) is 5.15. The van der Waals surface area contributed by atoms with Gasteiger partial charge in [0.25, 0.3) is 0 Å². The van der Waals surface area contributed by atoms with Crippen LogP contribution in [0.3, 0.4) is 0 Å². The van der Waals surface area contributed by atoms with Gasteiger partial charge in [-0.2, -0.15) is 5.10 Å². The van der Waals surface area contributed by atoms with Crippen LogP contribution in [0.15, 0.2) is 6.08 Å². The summed E-state index contributed by atoms with van der Waals surface area (Å²) in [5, 5.41) is 13.1. The van der Waals surface area contributed by atoms with Crippen molar-refractivity contribution in [1.29, 1.82) is 0 Å². The van der Waals surface area contributed by atoms with E-state index >= 15 is 0 Å². The average molecular weight is 265 g/mol. The molecule has 0 radical (unpaired) electrons. The molecular weight excluding hydrogens is 242 g/mol. The molecule has 5 heteroatoms. The summed E-state index contributed by atoms with van der Waals surface area (Å²) < 4.78 is 1.80. The predicted molar refractivity (Wildman–Crippen MR) is 77.3 cm³/mol. The highest BCUT2D eigenvalue weighted by Crippen LogP contribution is 2.24. The highest BCUT2D eigenvalue weighted by atomic mass is 16.4. The van der Waals surface area contributed by atoms with Crippen molar-refractivity contribution in [2.45, 2.75) is 27.2 Å². The monoisotopic (exact) mass is 265 g/mol. The van der Waals surface area contributed by atoms with Gasteiger partial charge in [0, 0.05) is 32.3 Å². The molecule has 1 aromatic heterocycles. The first kappa shape index (κ1) is 15.3. The Balaban J connectivity index is 3.01. The molecular formula is C14H23N3O2. The lowest BCUT2D eigenvalue weighted by atomic mass is 10.1. The third-order valence-electron chi connectivity index (χ3n) is 3.03. The second-order valence-corrected chi connectivity index (χ2v) is 5.22. The predicted octanol–water partition coefficient (Wildman–Crippen LogP) is 2.31. The average Bonchev–Trinajstić information content (AvgIpc) is 2.58. The number of carbonyl (C=O) groups is 1. The second-order valence-electron chi connectivity index (χ2n) is 5.22. The Labute approximate surface area is 114 Å². The van der Waals surface area contributed by atoms with E-state index in [2.05, 4.69) is 23.8 Å². The van der Waals surface area contributed by atoms with Gasteiger partial charge in [-0.1, -0.05) is 13.8 Å². The lowest BCUT2D eigenvalue weighted by Gasteiger charge is -2.21. The van der Waals surface area contributed by atoms with Crippen molar-refractivity contribution < 1.29 is 9.90 Å². The van der Waals surface area contributed by atoms with Gasteiger partial charge in [-0.15, -0.1) is 0 Å². The largest absolute Gasteiger partial charge is 0.478 e. The molecule has 106 valence electrons. The number of aryl methyl sites for hydroxylation is 2. The van der Waals surface area contributed by atoms with Crippen LogP contribution >= 0.6 is 0 Å². The first-order valence-corrected chi connectivity index (χ1v) is 6.48. The van der Waals surface area contributed by atoms with Crippen LogP contribution in [0.25, 0.3) is 6.08 Å². The molecule has 0 aliphatic rings. The summed E-state index contributed by atoms with van der Waals surface area (Å²) in [4.78, 5) is 12.8. The van der Waals surface area contributed by atoms with E-state index in [1.165, 1.54) is 0 Å². The summed E-state index contributed by atoms with van der Waals surface area (Å²) in [6, 6.07) is 0. The number of aromatic nitrogens is 2. The number of rotatable bonds is 6. The van der Waals surface area contributed by atoms with E-state index in [0.29, 0.717) is 5.92 Å². The van der Waals surface area contributed by atoms with Crippen molar-refractivity contribution in [3.05, 3.63) is 17.3 Å². The minimum atomic E-state index is -0.945. The van der Waals surface area contributed by atoms with Crippen molar-refractivity contribution in [2.24, 2.45) is 13.0 Å². The van der Waals surface area contributed by atoms with Gasteiger partial charge in [0.2, 0.25) is 0 Å². The van der Waals surface area contributed by atoms with E-state index in [1.54, 1.807) is 10.8 Å². The fourth-order valence-corrected chi connectivity index (χ4v) is 2.02. The fourth-order valence-electron chi connectivity index (χ4n) is 2.02. The number of hydrogen-bond donors (Lipinski definition) is 1. The molecule has 1 heterocycles. The Hall–Kier alpha value is -1.78. The summed E-state index contributed by atoms with van der Waals surface area (Å²) in [6.45, 7) is 7.19. The van der Waals surface area contributed by atoms with E-state index in [1.807, 2.05) is 21.0 Å².